The van der Waals surface area contributed by atoms with Crippen molar-refractivity contribution in [2.45, 2.75) is 19.6 Å². The number of morpholine rings is 1. The fraction of sp³-hybridized carbons (Fsp3) is 0.286. The van der Waals surface area contributed by atoms with Gasteiger partial charge in [-0.1, -0.05) is 47.6 Å². The summed E-state index contributed by atoms with van der Waals surface area (Å²) in [4.78, 5) is 18.0. The van der Waals surface area contributed by atoms with Crippen LogP contribution in [0.4, 0.5) is 0 Å². The molecular formula is C21H21N3O4. The second-order valence-electron chi connectivity index (χ2n) is 6.82. The summed E-state index contributed by atoms with van der Waals surface area (Å²) in [5, 5.41) is 13.2. The number of nitrogens with zero attached hydrogens (tertiary/aromatic N) is 3. The highest BCUT2D eigenvalue weighted by Crippen LogP contribution is 2.26. The number of hydrogen-bond donors (Lipinski definition) is 1. The van der Waals surface area contributed by atoms with E-state index in [9.17, 15) is 9.90 Å². The molecule has 1 aliphatic rings. The van der Waals surface area contributed by atoms with Crippen LogP contribution in [0, 0.1) is 6.92 Å². The van der Waals surface area contributed by atoms with Gasteiger partial charge >= 0.3 is 5.97 Å². The van der Waals surface area contributed by atoms with E-state index < -0.39 is 5.97 Å². The summed E-state index contributed by atoms with van der Waals surface area (Å²) < 4.78 is 11.0. The van der Waals surface area contributed by atoms with Crippen molar-refractivity contribution in [2.24, 2.45) is 0 Å². The maximum Gasteiger partial charge on any atom is 0.336 e. The van der Waals surface area contributed by atoms with Gasteiger partial charge in [0.05, 0.1) is 12.2 Å². The van der Waals surface area contributed by atoms with E-state index in [1.165, 1.54) is 0 Å². The van der Waals surface area contributed by atoms with Crippen molar-refractivity contribution < 1.29 is 19.2 Å². The smallest absolute Gasteiger partial charge is 0.336 e. The van der Waals surface area contributed by atoms with Crippen LogP contribution in [0.2, 0.25) is 0 Å². The highest BCUT2D eigenvalue weighted by Gasteiger charge is 2.26. The fourth-order valence-electron chi connectivity index (χ4n) is 3.41. The van der Waals surface area contributed by atoms with Gasteiger partial charge in [-0.25, -0.2) is 4.79 Å². The molecule has 0 bridgehead atoms. The highest BCUT2D eigenvalue weighted by molar-refractivity contribution is 5.95. The summed E-state index contributed by atoms with van der Waals surface area (Å²) in [7, 11) is 0. The van der Waals surface area contributed by atoms with Crippen LogP contribution in [0.15, 0.2) is 53.1 Å². The summed E-state index contributed by atoms with van der Waals surface area (Å²) in [6.45, 7) is 4.68. The van der Waals surface area contributed by atoms with E-state index in [1.54, 1.807) is 19.1 Å². The highest BCUT2D eigenvalue weighted by atomic mass is 16.5. The quantitative estimate of drug-likeness (QED) is 0.727. The Labute approximate surface area is 162 Å². The van der Waals surface area contributed by atoms with E-state index in [0.29, 0.717) is 30.4 Å². The molecule has 1 unspecified atom stereocenters. The first-order valence-electron chi connectivity index (χ1n) is 9.16. The Kier molecular flexibility index (Phi) is 5.18. The average Bonchev–Trinajstić information content (AvgIpc) is 3.15. The molecule has 1 aromatic heterocycles. The third-order valence-corrected chi connectivity index (χ3v) is 4.80. The largest absolute Gasteiger partial charge is 0.478 e. The molecule has 2 aromatic carbocycles. The normalized spacial score (nSPS) is 17.5. The van der Waals surface area contributed by atoms with Gasteiger partial charge in [0.15, 0.2) is 5.82 Å². The first-order chi connectivity index (χ1) is 13.6. The molecule has 1 N–H and O–H groups in total. The van der Waals surface area contributed by atoms with Crippen LogP contribution < -0.4 is 0 Å². The van der Waals surface area contributed by atoms with Gasteiger partial charge in [-0.2, -0.15) is 4.98 Å². The molecule has 0 spiro atoms. The molecule has 0 saturated carbocycles. The third kappa shape index (κ3) is 3.95. The summed E-state index contributed by atoms with van der Waals surface area (Å²) >= 11 is 0. The summed E-state index contributed by atoms with van der Waals surface area (Å²) in [6.07, 6.45) is -0.211. The van der Waals surface area contributed by atoms with Crippen LogP contribution in [-0.4, -0.2) is 45.8 Å². The number of aromatic nitrogens is 2. The zero-order chi connectivity index (χ0) is 19.5. The number of carboxylic acids is 1. The second kappa shape index (κ2) is 7.92. The molecule has 1 atom stereocenters. The lowest BCUT2D eigenvalue weighted by Crippen LogP contribution is -2.37. The van der Waals surface area contributed by atoms with Crippen LogP contribution in [0.1, 0.15) is 33.7 Å². The van der Waals surface area contributed by atoms with Gasteiger partial charge in [0.1, 0.15) is 6.10 Å². The number of carboxylic acid groups (broad SMARTS) is 1. The van der Waals surface area contributed by atoms with Crippen LogP contribution in [0.3, 0.4) is 0 Å². The lowest BCUT2D eigenvalue weighted by molar-refractivity contribution is -0.0475. The summed E-state index contributed by atoms with van der Waals surface area (Å²) in [5.74, 6) is 0.200. The van der Waals surface area contributed by atoms with Crippen LogP contribution in [-0.2, 0) is 11.3 Å². The van der Waals surface area contributed by atoms with Gasteiger partial charge in [-0.05, 0) is 29.7 Å². The van der Waals surface area contributed by atoms with Gasteiger partial charge in [0.2, 0.25) is 0 Å². The molecule has 2 heterocycles. The average molecular weight is 379 g/mol. The van der Waals surface area contributed by atoms with Crippen molar-refractivity contribution in [3.05, 3.63) is 71.4 Å². The van der Waals surface area contributed by atoms with E-state index in [4.69, 9.17) is 9.26 Å². The molecule has 144 valence electrons. The maximum atomic E-state index is 11.4. The molecule has 4 rings (SSSR count). The van der Waals surface area contributed by atoms with Gasteiger partial charge in [0.25, 0.3) is 5.89 Å². The Balaban J connectivity index is 1.45. The number of aryl methyl sites for hydroxylation is 1. The molecule has 1 saturated heterocycles. The molecule has 0 aliphatic carbocycles. The van der Waals surface area contributed by atoms with Crippen molar-refractivity contribution in [3.8, 4) is 11.1 Å². The molecule has 7 nitrogen and oxygen atoms in total. The van der Waals surface area contributed by atoms with Crippen molar-refractivity contribution >= 4 is 5.97 Å². The minimum Gasteiger partial charge on any atom is -0.478 e. The number of benzene rings is 2. The maximum absolute atomic E-state index is 11.4. The van der Waals surface area contributed by atoms with E-state index in [2.05, 4.69) is 15.0 Å². The Hall–Kier alpha value is -3.03. The minimum absolute atomic E-state index is 0.211. The van der Waals surface area contributed by atoms with Crippen molar-refractivity contribution in [1.82, 2.24) is 15.0 Å². The first kappa shape index (κ1) is 18.3. The molecule has 28 heavy (non-hydrogen) atoms. The summed E-state index contributed by atoms with van der Waals surface area (Å²) in [5.41, 5.74) is 3.07. The third-order valence-electron chi connectivity index (χ3n) is 4.80. The standard InChI is InChI=1S/C21H21N3O4/c1-14-22-20(28-23-14)19-13-24(10-11-27-19)12-15-6-8-16(9-7-15)17-4-2-3-5-18(17)21(25)26/h2-9,19H,10-13H2,1H3,(H,25,26). The zero-order valence-corrected chi connectivity index (χ0v) is 15.5. The van der Waals surface area contributed by atoms with E-state index in [1.807, 2.05) is 36.4 Å². The van der Waals surface area contributed by atoms with Gasteiger partial charge in [0, 0.05) is 19.6 Å². The number of rotatable bonds is 5. The Morgan fingerprint density at radius 2 is 2.00 bits per heavy atom. The lowest BCUT2D eigenvalue weighted by Gasteiger charge is -2.31. The Morgan fingerprint density at radius 1 is 1.21 bits per heavy atom. The SMILES string of the molecule is Cc1noc(C2CN(Cc3ccc(-c4ccccc4C(=O)O)cc3)CCO2)n1. The lowest BCUT2D eigenvalue weighted by atomic mass is 9.98. The topological polar surface area (TPSA) is 88.7 Å². The molecule has 1 aliphatic heterocycles. The van der Waals surface area contributed by atoms with Crippen molar-refractivity contribution in [1.29, 1.82) is 0 Å². The number of ether oxygens (including phenoxy) is 1. The number of carbonyl (C=O) groups is 1. The molecule has 3 aromatic rings. The molecular weight excluding hydrogens is 358 g/mol. The second-order valence-corrected chi connectivity index (χ2v) is 6.82. The van der Waals surface area contributed by atoms with Crippen molar-refractivity contribution in [3.63, 3.8) is 0 Å². The molecule has 0 radical (unpaired) electrons. The Morgan fingerprint density at radius 3 is 2.71 bits per heavy atom. The van der Waals surface area contributed by atoms with Crippen LogP contribution in [0.5, 0.6) is 0 Å². The van der Waals surface area contributed by atoms with Crippen molar-refractivity contribution in [2.75, 3.05) is 19.7 Å². The predicted octanol–water partition coefficient (Wildman–Crippen LogP) is 3.32. The van der Waals surface area contributed by atoms with Crippen LogP contribution in [0.25, 0.3) is 11.1 Å². The molecule has 0 amide bonds. The molecule has 7 heteroatoms. The fourth-order valence-corrected chi connectivity index (χ4v) is 3.41. The molecule has 1 fully saturated rings. The minimum atomic E-state index is -0.921. The number of hydrogen-bond acceptors (Lipinski definition) is 6. The van der Waals surface area contributed by atoms with Crippen LogP contribution >= 0.6 is 0 Å². The van der Waals surface area contributed by atoms with Gasteiger partial charge in [-0.15, -0.1) is 0 Å². The zero-order valence-electron chi connectivity index (χ0n) is 15.5. The monoisotopic (exact) mass is 379 g/mol. The van der Waals surface area contributed by atoms with E-state index in [0.717, 1.165) is 29.8 Å². The first-order valence-corrected chi connectivity index (χ1v) is 9.16. The van der Waals surface area contributed by atoms with E-state index >= 15 is 0 Å². The summed E-state index contributed by atoms with van der Waals surface area (Å²) in [6, 6.07) is 15.1. The Bertz CT molecular complexity index is 968. The van der Waals surface area contributed by atoms with Gasteiger partial charge in [-0.3, -0.25) is 4.90 Å². The van der Waals surface area contributed by atoms with Gasteiger partial charge < -0.3 is 14.4 Å². The number of aromatic carboxylic acids is 1. The predicted molar refractivity (Wildman–Crippen MR) is 102 cm³/mol. The van der Waals surface area contributed by atoms with E-state index in [-0.39, 0.29) is 6.10 Å².